The summed E-state index contributed by atoms with van der Waals surface area (Å²) < 4.78 is 0. The molecular weight excluding hydrogens is 158 g/mol. The smallest absolute Gasteiger partial charge is 0.0124 e. The Morgan fingerprint density at radius 3 is 1.77 bits per heavy atom. The summed E-state index contributed by atoms with van der Waals surface area (Å²) >= 11 is 0. The van der Waals surface area contributed by atoms with Crippen LogP contribution in [0.5, 0.6) is 0 Å². The van der Waals surface area contributed by atoms with Crippen LogP contribution in [0.1, 0.15) is 53.9 Å². The number of hydrogen-bond acceptors (Lipinski definition) is 1. The summed E-state index contributed by atoms with van der Waals surface area (Å²) in [5.74, 6) is 0.786. The highest BCUT2D eigenvalue weighted by atomic mass is 14.7. The van der Waals surface area contributed by atoms with Crippen molar-refractivity contribution >= 4 is 0 Å². The summed E-state index contributed by atoms with van der Waals surface area (Å²) in [5, 5.41) is 0. The molecule has 1 nitrogen and oxygen atoms in total. The molecule has 0 aliphatic heterocycles. The van der Waals surface area contributed by atoms with Gasteiger partial charge in [0, 0.05) is 6.04 Å². The van der Waals surface area contributed by atoms with E-state index in [0.29, 0.717) is 11.5 Å². The highest BCUT2D eigenvalue weighted by Gasteiger charge is 2.42. The molecule has 1 unspecified atom stereocenters. The zero-order valence-electron chi connectivity index (χ0n) is 9.85. The van der Waals surface area contributed by atoms with Crippen molar-refractivity contribution in [2.45, 2.75) is 59.9 Å². The second-order valence-corrected chi connectivity index (χ2v) is 6.19. The third-order valence-corrected chi connectivity index (χ3v) is 4.42. The Balaban J connectivity index is 2.67. The van der Waals surface area contributed by atoms with Crippen LogP contribution in [0.15, 0.2) is 0 Å². The Hall–Kier alpha value is -0.0400. The maximum atomic E-state index is 6.34. The first-order valence-electron chi connectivity index (χ1n) is 5.52. The van der Waals surface area contributed by atoms with Crippen molar-refractivity contribution in [2.75, 3.05) is 0 Å². The van der Waals surface area contributed by atoms with Crippen LogP contribution in [-0.4, -0.2) is 6.04 Å². The Morgan fingerprint density at radius 2 is 1.54 bits per heavy atom. The Morgan fingerprint density at radius 1 is 1.08 bits per heavy atom. The van der Waals surface area contributed by atoms with E-state index in [1.165, 1.54) is 19.3 Å². The van der Waals surface area contributed by atoms with E-state index in [0.717, 1.165) is 5.92 Å². The Bertz CT molecular complexity index is 172. The van der Waals surface area contributed by atoms with E-state index in [1.807, 2.05) is 0 Å². The van der Waals surface area contributed by atoms with E-state index in [-0.39, 0.29) is 5.41 Å². The van der Waals surface area contributed by atoms with Gasteiger partial charge < -0.3 is 5.73 Å². The molecule has 0 bridgehead atoms. The van der Waals surface area contributed by atoms with Crippen LogP contribution in [0.25, 0.3) is 0 Å². The van der Waals surface area contributed by atoms with Gasteiger partial charge >= 0.3 is 0 Å². The topological polar surface area (TPSA) is 26.0 Å². The van der Waals surface area contributed by atoms with Crippen LogP contribution in [0.2, 0.25) is 0 Å². The predicted molar refractivity (Wildman–Crippen MR) is 58.6 cm³/mol. The van der Waals surface area contributed by atoms with Crippen molar-refractivity contribution in [1.82, 2.24) is 0 Å². The lowest BCUT2D eigenvalue weighted by Gasteiger charge is -2.48. The first-order chi connectivity index (χ1) is 5.77. The molecule has 0 spiro atoms. The highest BCUT2D eigenvalue weighted by molar-refractivity contribution is 4.96. The van der Waals surface area contributed by atoms with Crippen LogP contribution < -0.4 is 5.73 Å². The molecule has 1 aliphatic rings. The molecule has 78 valence electrons. The third-order valence-electron chi connectivity index (χ3n) is 4.42. The zero-order chi connectivity index (χ0) is 10.3. The van der Waals surface area contributed by atoms with Gasteiger partial charge in [-0.3, -0.25) is 0 Å². The van der Waals surface area contributed by atoms with Crippen molar-refractivity contribution in [3.8, 4) is 0 Å². The maximum absolute atomic E-state index is 6.34. The monoisotopic (exact) mass is 183 g/mol. The number of nitrogens with two attached hydrogens (primary N) is 1. The second-order valence-electron chi connectivity index (χ2n) is 6.19. The SMILES string of the molecule is CC(C)(C)C(C)(C)C(N)C1CCC1. The summed E-state index contributed by atoms with van der Waals surface area (Å²) in [5.41, 5.74) is 6.90. The number of rotatable bonds is 2. The Labute approximate surface area is 83.1 Å². The fourth-order valence-corrected chi connectivity index (χ4v) is 1.89. The summed E-state index contributed by atoms with van der Waals surface area (Å²) in [6, 6.07) is 0.376. The molecule has 2 N–H and O–H groups in total. The highest BCUT2D eigenvalue weighted by Crippen LogP contribution is 2.46. The molecule has 1 rings (SSSR count). The fourth-order valence-electron chi connectivity index (χ4n) is 1.89. The number of hydrogen-bond donors (Lipinski definition) is 1. The molecule has 1 fully saturated rings. The van der Waals surface area contributed by atoms with Gasteiger partial charge in [-0.25, -0.2) is 0 Å². The Kier molecular flexibility index (Phi) is 2.78. The molecule has 0 heterocycles. The molecule has 1 atom stereocenters. The van der Waals surface area contributed by atoms with Gasteiger partial charge in [-0.1, -0.05) is 41.0 Å². The molecule has 0 radical (unpaired) electrons. The van der Waals surface area contributed by atoms with Gasteiger partial charge in [0.25, 0.3) is 0 Å². The van der Waals surface area contributed by atoms with E-state index in [4.69, 9.17) is 5.73 Å². The lowest BCUT2D eigenvalue weighted by molar-refractivity contribution is 0.0449. The summed E-state index contributed by atoms with van der Waals surface area (Å²) in [6.07, 6.45) is 4.08. The first-order valence-corrected chi connectivity index (χ1v) is 5.52. The lowest BCUT2D eigenvalue weighted by atomic mass is 9.59. The quantitative estimate of drug-likeness (QED) is 0.699. The van der Waals surface area contributed by atoms with Crippen molar-refractivity contribution in [3.63, 3.8) is 0 Å². The first kappa shape index (κ1) is 11.0. The van der Waals surface area contributed by atoms with Gasteiger partial charge in [-0.2, -0.15) is 0 Å². The minimum atomic E-state index is 0.248. The molecule has 0 aromatic rings. The van der Waals surface area contributed by atoms with Crippen LogP contribution in [0.4, 0.5) is 0 Å². The van der Waals surface area contributed by atoms with E-state index in [9.17, 15) is 0 Å². The average molecular weight is 183 g/mol. The second kappa shape index (κ2) is 3.27. The normalized spacial score (nSPS) is 22.6. The van der Waals surface area contributed by atoms with Gasteiger partial charge in [0.05, 0.1) is 0 Å². The van der Waals surface area contributed by atoms with Gasteiger partial charge in [0.2, 0.25) is 0 Å². The van der Waals surface area contributed by atoms with Crippen LogP contribution in [-0.2, 0) is 0 Å². The van der Waals surface area contributed by atoms with Crippen molar-refractivity contribution in [2.24, 2.45) is 22.5 Å². The van der Waals surface area contributed by atoms with Gasteiger partial charge in [0.1, 0.15) is 0 Å². The van der Waals surface area contributed by atoms with Gasteiger partial charge in [-0.05, 0) is 29.6 Å². The fraction of sp³-hybridized carbons (Fsp3) is 1.00. The molecule has 0 aromatic heterocycles. The van der Waals surface area contributed by atoms with Crippen molar-refractivity contribution in [1.29, 1.82) is 0 Å². The molecule has 1 aliphatic carbocycles. The summed E-state index contributed by atoms with van der Waals surface area (Å²) in [6.45, 7) is 11.5. The predicted octanol–water partition coefficient (Wildman–Crippen LogP) is 3.19. The average Bonchev–Trinajstić information content (AvgIpc) is 1.80. The molecule has 13 heavy (non-hydrogen) atoms. The molecule has 1 heteroatoms. The van der Waals surface area contributed by atoms with Gasteiger partial charge in [0.15, 0.2) is 0 Å². The molecule has 1 saturated carbocycles. The van der Waals surface area contributed by atoms with Gasteiger partial charge in [-0.15, -0.1) is 0 Å². The minimum absolute atomic E-state index is 0.248. The summed E-state index contributed by atoms with van der Waals surface area (Å²) in [4.78, 5) is 0. The third kappa shape index (κ3) is 1.90. The van der Waals surface area contributed by atoms with Crippen molar-refractivity contribution < 1.29 is 0 Å². The van der Waals surface area contributed by atoms with Crippen LogP contribution in [0.3, 0.4) is 0 Å². The molecule has 0 saturated heterocycles. The van der Waals surface area contributed by atoms with Crippen LogP contribution in [0, 0.1) is 16.7 Å². The molecule has 0 aromatic carbocycles. The zero-order valence-corrected chi connectivity index (χ0v) is 9.85. The van der Waals surface area contributed by atoms with E-state index >= 15 is 0 Å². The van der Waals surface area contributed by atoms with Crippen molar-refractivity contribution in [3.05, 3.63) is 0 Å². The van der Waals surface area contributed by atoms with E-state index in [2.05, 4.69) is 34.6 Å². The lowest BCUT2D eigenvalue weighted by Crippen LogP contribution is -2.51. The summed E-state index contributed by atoms with van der Waals surface area (Å²) in [7, 11) is 0. The maximum Gasteiger partial charge on any atom is 0.0124 e. The standard InChI is InChI=1S/C12H25N/c1-11(2,3)12(4,5)10(13)9-7-6-8-9/h9-10H,6-8,13H2,1-5H3. The van der Waals surface area contributed by atoms with Crippen LogP contribution >= 0.6 is 0 Å². The largest absolute Gasteiger partial charge is 0.327 e. The molecular formula is C12H25N. The van der Waals surface area contributed by atoms with E-state index in [1.54, 1.807) is 0 Å². The minimum Gasteiger partial charge on any atom is -0.327 e. The molecule has 0 amide bonds. The van der Waals surface area contributed by atoms with E-state index < -0.39 is 0 Å².